The smallest absolute Gasteiger partial charge is 0.240 e. The average molecular weight is 404 g/mol. The van der Waals surface area contributed by atoms with Crippen molar-refractivity contribution in [3.63, 3.8) is 0 Å². The van der Waals surface area contributed by atoms with Crippen LogP contribution in [0.2, 0.25) is 5.02 Å². The van der Waals surface area contributed by atoms with Crippen LogP contribution < -0.4 is 10.0 Å². The number of hydrogen-bond acceptors (Lipinski definition) is 3. The molecule has 2 unspecified atom stereocenters. The zero-order valence-corrected chi connectivity index (χ0v) is 14.9. The van der Waals surface area contributed by atoms with Gasteiger partial charge in [0.15, 0.2) is 0 Å². The average Bonchev–Trinajstić information content (AvgIpc) is 2.35. The van der Waals surface area contributed by atoms with Crippen LogP contribution in [-0.2, 0) is 10.0 Å². The van der Waals surface area contributed by atoms with Gasteiger partial charge in [0, 0.05) is 17.1 Å². The molecule has 1 aromatic rings. The largest absolute Gasteiger partial charge is 0.315 e. The van der Waals surface area contributed by atoms with Gasteiger partial charge in [0.2, 0.25) is 10.0 Å². The van der Waals surface area contributed by atoms with Gasteiger partial charge in [0.05, 0.1) is 9.92 Å². The summed E-state index contributed by atoms with van der Waals surface area (Å²) in [4.78, 5) is 0.193. The highest BCUT2D eigenvalue weighted by Crippen LogP contribution is 2.25. The highest BCUT2D eigenvalue weighted by molar-refractivity contribution is 9.10. The van der Waals surface area contributed by atoms with E-state index in [1.54, 1.807) is 12.1 Å². The quantitative estimate of drug-likeness (QED) is 0.815. The first-order chi connectivity index (χ1) is 8.90. The molecule has 2 atom stereocenters. The van der Waals surface area contributed by atoms with Crippen molar-refractivity contribution < 1.29 is 8.42 Å². The molecular weight excluding hydrogens is 387 g/mol. The van der Waals surface area contributed by atoms with Gasteiger partial charge in [-0.3, -0.25) is 0 Å². The minimum Gasteiger partial charge on any atom is -0.315 e. The second-order valence-electron chi connectivity index (χ2n) is 4.77. The van der Waals surface area contributed by atoms with Crippen molar-refractivity contribution in [3.05, 3.63) is 27.7 Å². The fourth-order valence-electron chi connectivity index (χ4n) is 2.06. The van der Waals surface area contributed by atoms with E-state index in [1.807, 2.05) is 0 Å². The van der Waals surface area contributed by atoms with Gasteiger partial charge < -0.3 is 5.32 Å². The van der Waals surface area contributed by atoms with Gasteiger partial charge in [0.1, 0.15) is 0 Å². The van der Waals surface area contributed by atoms with Gasteiger partial charge >= 0.3 is 0 Å². The summed E-state index contributed by atoms with van der Waals surface area (Å²) in [7, 11) is -3.53. The second-order valence-corrected chi connectivity index (χ2v) is 7.75. The van der Waals surface area contributed by atoms with E-state index in [4.69, 9.17) is 11.6 Å². The number of rotatable bonds is 3. The predicted octanol–water partition coefficient (Wildman–Crippen LogP) is 2.80. The Kier molecular flexibility index (Phi) is 6.76. The first kappa shape index (κ1) is 18.2. The highest BCUT2D eigenvalue weighted by Gasteiger charge is 2.26. The Morgan fingerprint density at radius 2 is 2.15 bits per heavy atom. The summed E-state index contributed by atoms with van der Waals surface area (Å²) in [6.07, 6.45) is 0.967. The molecule has 1 fully saturated rings. The Morgan fingerprint density at radius 1 is 1.45 bits per heavy atom. The van der Waals surface area contributed by atoms with Crippen LogP contribution in [-0.4, -0.2) is 27.5 Å². The predicted molar refractivity (Wildman–Crippen MR) is 87.2 cm³/mol. The fraction of sp³-hybridized carbons (Fsp3) is 0.500. The Hall–Kier alpha value is 0.150. The molecule has 0 amide bonds. The first-order valence-corrected chi connectivity index (χ1v) is 8.73. The van der Waals surface area contributed by atoms with E-state index in [1.165, 1.54) is 6.07 Å². The molecule has 0 spiro atoms. The van der Waals surface area contributed by atoms with Crippen LogP contribution in [0, 0.1) is 5.92 Å². The standard InChI is InChI=1S/C12H16BrClN2O2S.ClH/c1-8-4-5-15-7-12(8)16-19(17,18)9-2-3-10(13)11(14)6-9;/h2-3,6,8,12,15-16H,4-5,7H2,1H3;1H. The third-order valence-corrected chi connectivity index (χ3v) is 6.06. The number of nitrogens with one attached hydrogen (secondary N) is 2. The number of halogens is 3. The lowest BCUT2D eigenvalue weighted by Gasteiger charge is -2.30. The number of benzene rings is 1. The van der Waals surface area contributed by atoms with E-state index in [2.05, 4.69) is 32.9 Å². The summed E-state index contributed by atoms with van der Waals surface area (Å²) in [6.45, 7) is 3.65. The minimum atomic E-state index is -3.53. The van der Waals surface area contributed by atoms with E-state index in [0.717, 1.165) is 13.0 Å². The molecule has 4 nitrogen and oxygen atoms in total. The zero-order chi connectivity index (χ0) is 14.0. The van der Waals surface area contributed by atoms with Gasteiger partial charge in [-0.1, -0.05) is 18.5 Å². The van der Waals surface area contributed by atoms with Crippen LogP contribution in [0.25, 0.3) is 0 Å². The Morgan fingerprint density at radius 3 is 2.75 bits per heavy atom. The van der Waals surface area contributed by atoms with Crippen molar-refractivity contribution in [2.24, 2.45) is 5.92 Å². The summed E-state index contributed by atoms with van der Waals surface area (Å²) >= 11 is 9.19. The maximum atomic E-state index is 12.3. The van der Waals surface area contributed by atoms with E-state index in [-0.39, 0.29) is 23.3 Å². The molecule has 114 valence electrons. The minimum absolute atomic E-state index is 0. The van der Waals surface area contributed by atoms with Crippen LogP contribution in [0.5, 0.6) is 0 Å². The van der Waals surface area contributed by atoms with Crippen LogP contribution in [0.3, 0.4) is 0 Å². The van der Waals surface area contributed by atoms with E-state index in [9.17, 15) is 8.42 Å². The van der Waals surface area contributed by atoms with Gasteiger partial charge in [-0.2, -0.15) is 0 Å². The number of sulfonamides is 1. The van der Waals surface area contributed by atoms with E-state index >= 15 is 0 Å². The molecule has 0 bridgehead atoms. The molecule has 1 aliphatic rings. The maximum Gasteiger partial charge on any atom is 0.240 e. The van der Waals surface area contributed by atoms with Crippen molar-refractivity contribution in [3.8, 4) is 0 Å². The van der Waals surface area contributed by atoms with Crippen molar-refractivity contribution in [2.45, 2.75) is 24.3 Å². The molecule has 0 aromatic heterocycles. The van der Waals surface area contributed by atoms with Crippen molar-refractivity contribution in [2.75, 3.05) is 13.1 Å². The van der Waals surface area contributed by atoms with Crippen molar-refractivity contribution in [1.82, 2.24) is 10.0 Å². The molecule has 2 rings (SSSR count). The number of hydrogen-bond donors (Lipinski definition) is 2. The summed E-state index contributed by atoms with van der Waals surface area (Å²) < 4.78 is 28.0. The molecule has 1 aliphatic heterocycles. The summed E-state index contributed by atoms with van der Waals surface area (Å²) in [5.74, 6) is 0.321. The van der Waals surface area contributed by atoms with Crippen molar-refractivity contribution in [1.29, 1.82) is 0 Å². The first-order valence-electron chi connectivity index (χ1n) is 6.08. The summed E-state index contributed by atoms with van der Waals surface area (Å²) in [5, 5.41) is 3.59. The Bertz CT molecular complexity index is 569. The maximum absolute atomic E-state index is 12.3. The van der Waals surface area contributed by atoms with Gasteiger partial charge in [0.25, 0.3) is 0 Å². The molecule has 0 saturated carbocycles. The Labute approximate surface area is 139 Å². The van der Waals surface area contributed by atoms with Crippen LogP contribution in [0.1, 0.15) is 13.3 Å². The molecule has 1 aromatic carbocycles. The van der Waals surface area contributed by atoms with Crippen LogP contribution in [0.4, 0.5) is 0 Å². The third kappa shape index (κ3) is 4.32. The number of piperidine rings is 1. The molecule has 1 heterocycles. The molecule has 0 aliphatic carbocycles. The van der Waals surface area contributed by atoms with Gasteiger partial charge in [-0.05, 0) is 53.0 Å². The van der Waals surface area contributed by atoms with Gasteiger partial charge in [-0.25, -0.2) is 13.1 Å². The molecule has 0 radical (unpaired) electrons. The Balaban J connectivity index is 0.00000200. The molecule has 8 heteroatoms. The highest BCUT2D eigenvalue weighted by atomic mass is 79.9. The van der Waals surface area contributed by atoms with Crippen LogP contribution >= 0.6 is 39.9 Å². The lowest BCUT2D eigenvalue weighted by molar-refractivity contribution is 0.327. The third-order valence-electron chi connectivity index (χ3n) is 3.34. The molecule has 1 saturated heterocycles. The van der Waals surface area contributed by atoms with E-state index < -0.39 is 10.0 Å². The molecule has 20 heavy (non-hydrogen) atoms. The topological polar surface area (TPSA) is 58.2 Å². The zero-order valence-electron chi connectivity index (χ0n) is 10.9. The lowest BCUT2D eigenvalue weighted by Crippen LogP contribution is -2.50. The summed E-state index contributed by atoms with van der Waals surface area (Å²) in [6, 6.07) is 4.55. The van der Waals surface area contributed by atoms with Crippen LogP contribution in [0.15, 0.2) is 27.6 Å². The molecule has 2 N–H and O–H groups in total. The fourth-order valence-corrected chi connectivity index (χ4v) is 3.92. The molecular formula is C12H17BrCl2N2O2S. The monoisotopic (exact) mass is 402 g/mol. The van der Waals surface area contributed by atoms with E-state index in [0.29, 0.717) is 22.0 Å². The van der Waals surface area contributed by atoms with Gasteiger partial charge in [-0.15, -0.1) is 12.4 Å². The normalized spacial score (nSPS) is 23.1. The lowest BCUT2D eigenvalue weighted by atomic mass is 9.96. The van der Waals surface area contributed by atoms with Crippen molar-refractivity contribution >= 4 is 50.0 Å². The second kappa shape index (κ2) is 7.42. The SMILES string of the molecule is CC1CCNCC1NS(=O)(=O)c1ccc(Br)c(Cl)c1.Cl. The summed E-state index contributed by atoms with van der Waals surface area (Å²) in [5.41, 5.74) is 0.